The zero-order chi connectivity index (χ0) is 29.4. The molecule has 10 heteroatoms. The zero-order valence-corrected chi connectivity index (χ0v) is 23.4. The zero-order valence-electron chi connectivity index (χ0n) is 22.7. The van der Waals surface area contributed by atoms with E-state index in [-0.39, 0.29) is 40.9 Å². The normalized spacial score (nSPS) is 35.0. The number of benzene rings is 1. The molecule has 2 N–H and O–H groups in total. The van der Waals surface area contributed by atoms with Gasteiger partial charge in [0.2, 0.25) is 5.88 Å². The van der Waals surface area contributed by atoms with Crippen molar-refractivity contribution in [3.8, 4) is 17.7 Å². The van der Waals surface area contributed by atoms with E-state index in [2.05, 4.69) is 17.6 Å². The number of hydrogen-bond acceptors (Lipinski definition) is 7. The number of fused-ring (bicyclic) bond motifs is 3. The lowest BCUT2D eigenvalue weighted by molar-refractivity contribution is -0.133. The van der Waals surface area contributed by atoms with Gasteiger partial charge in [0, 0.05) is 43.0 Å². The van der Waals surface area contributed by atoms with Crippen LogP contribution in [0, 0.1) is 17.2 Å². The Morgan fingerprint density at radius 3 is 2.61 bits per heavy atom. The van der Waals surface area contributed by atoms with Gasteiger partial charge in [-0.15, -0.1) is 0 Å². The number of aliphatic hydroxyl groups excluding tert-OH is 1. The summed E-state index contributed by atoms with van der Waals surface area (Å²) in [4.78, 5) is 5.96. The van der Waals surface area contributed by atoms with Crippen molar-refractivity contribution in [2.45, 2.75) is 54.5 Å². The third-order valence-electron chi connectivity index (χ3n) is 9.47. The minimum absolute atomic E-state index is 0.0273. The van der Waals surface area contributed by atoms with Crippen LogP contribution in [0.15, 0.2) is 72.4 Å². The SMILES string of the molecule is C=C(/C=C\C(C#N)=C/C)[C@@]12Oc3cc(Cl)nc(OC)c3[C@]1(O)[C@H](O)[C@H](CN1CCC13CC3(F)F)[C@H]2c1ccccc1. The second-order valence-electron chi connectivity index (χ2n) is 11.3. The first-order valence-electron chi connectivity index (χ1n) is 13.5. The van der Waals surface area contributed by atoms with Gasteiger partial charge in [-0.2, -0.15) is 5.26 Å². The quantitative estimate of drug-likeness (QED) is 0.272. The summed E-state index contributed by atoms with van der Waals surface area (Å²) in [6.07, 6.45) is 3.42. The van der Waals surface area contributed by atoms with Crippen LogP contribution in [0.1, 0.15) is 36.8 Å². The fraction of sp³-hybridized carbons (Fsp3) is 0.419. The Kier molecular flexibility index (Phi) is 6.36. The maximum Gasteiger partial charge on any atom is 0.268 e. The highest BCUT2D eigenvalue weighted by atomic mass is 35.5. The molecule has 0 bridgehead atoms. The van der Waals surface area contributed by atoms with Gasteiger partial charge < -0.3 is 19.7 Å². The molecule has 214 valence electrons. The van der Waals surface area contributed by atoms with Crippen molar-refractivity contribution in [1.29, 1.82) is 5.26 Å². The van der Waals surface area contributed by atoms with E-state index in [4.69, 9.17) is 21.1 Å². The number of aromatic nitrogens is 1. The number of methoxy groups -OCH3 is 1. The number of likely N-dealkylation sites (tertiary alicyclic amines) is 1. The average molecular weight is 582 g/mol. The van der Waals surface area contributed by atoms with E-state index >= 15 is 0 Å². The van der Waals surface area contributed by atoms with Crippen LogP contribution in [0.4, 0.5) is 8.78 Å². The van der Waals surface area contributed by atoms with Gasteiger partial charge in [-0.1, -0.05) is 60.7 Å². The largest absolute Gasteiger partial charge is 0.481 e. The molecule has 4 aliphatic rings. The summed E-state index contributed by atoms with van der Waals surface area (Å²) in [5.74, 6) is -4.16. The third-order valence-corrected chi connectivity index (χ3v) is 9.67. The standard InChI is InChI=1S/C31H30ClF2N3O4/c1-4-19(15-35)11-10-18(2)31-24(20-8-6-5-7-9-20)21(16-37-13-12-28(37)17-29(28,33)34)26(38)30(31,39)25-22(41-31)14-23(32)36-27(25)40-3/h4-11,14,21,24,26,38-39H,2,12-13,16-17H2,1,3H3/b11-10-,19-4+/t21-,24-,26-,28?,30+,31+/m1/s1. The van der Waals surface area contributed by atoms with Crippen molar-refractivity contribution >= 4 is 11.6 Å². The third kappa shape index (κ3) is 3.61. The summed E-state index contributed by atoms with van der Waals surface area (Å²) in [5, 5.41) is 34.6. The molecule has 6 atom stereocenters. The highest BCUT2D eigenvalue weighted by molar-refractivity contribution is 6.29. The molecule has 1 aromatic carbocycles. The smallest absolute Gasteiger partial charge is 0.268 e. The van der Waals surface area contributed by atoms with Gasteiger partial charge in [-0.25, -0.2) is 13.8 Å². The van der Waals surface area contributed by atoms with E-state index in [0.29, 0.717) is 18.5 Å². The first-order chi connectivity index (χ1) is 19.5. The van der Waals surface area contributed by atoms with E-state index in [1.807, 2.05) is 30.3 Å². The lowest BCUT2D eigenvalue weighted by Gasteiger charge is -2.45. The molecule has 1 saturated heterocycles. The van der Waals surface area contributed by atoms with Crippen LogP contribution in [0.5, 0.6) is 11.6 Å². The number of halogens is 3. The van der Waals surface area contributed by atoms with Gasteiger partial charge in [0.05, 0.1) is 30.4 Å². The predicted molar refractivity (Wildman–Crippen MR) is 148 cm³/mol. The number of ether oxygens (including phenoxy) is 2. The van der Waals surface area contributed by atoms with Crippen LogP contribution in [0.3, 0.4) is 0 Å². The molecule has 0 amide bonds. The number of allylic oxidation sites excluding steroid dienone is 3. The van der Waals surface area contributed by atoms with Crippen LogP contribution in [-0.2, 0) is 5.60 Å². The summed E-state index contributed by atoms with van der Waals surface area (Å²) in [6, 6.07) is 12.7. The number of pyridine rings is 1. The molecule has 2 aliphatic carbocycles. The predicted octanol–water partition coefficient (Wildman–Crippen LogP) is 4.90. The summed E-state index contributed by atoms with van der Waals surface area (Å²) in [6.45, 7) is 6.56. The van der Waals surface area contributed by atoms with Crippen LogP contribution in [-0.4, -0.2) is 63.5 Å². The molecule has 3 fully saturated rings. The molecular formula is C31H30ClF2N3O4. The number of nitrogens with zero attached hydrogens (tertiary/aromatic N) is 3. The molecule has 2 aromatic rings. The number of hydrogen-bond donors (Lipinski definition) is 2. The fourth-order valence-electron chi connectivity index (χ4n) is 7.32. The van der Waals surface area contributed by atoms with Crippen molar-refractivity contribution in [3.63, 3.8) is 0 Å². The van der Waals surface area contributed by atoms with Gasteiger partial charge in [-0.05, 0) is 30.6 Å². The first-order valence-corrected chi connectivity index (χ1v) is 13.8. The van der Waals surface area contributed by atoms with Crippen LogP contribution in [0.25, 0.3) is 0 Å². The molecule has 1 unspecified atom stereocenters. The highest BCUT2D eigenvalue weighted by Gasteiger charge is 2.80. The van der Waals surface area contributed by atoms with Crippen molar-refractivity contribution < 1.29 is 28.5 Å². The van der Waals surface area contributed by atoms with Crippen LogP contribution in [0.2, 0.25) is 5.15 Å². The number of alkyl halides is 2. The van der Waals surface area contributed by atoms with Crippen LogP contribution >= 0.6 is 11.6 Å². The molecule has 1 spiro atoms. The molecular weight excluding hydrogens is 552 g/mol. The molecule has 2 aliphatic heterocycles. The summed E-state index contributed by atoms with van der Waals surface area (Å²) < 4.78 is 41.2. The van der Waals surface area contributed by atoms with Gasteiger partial charge in [0.15, 0.2) is 11.2 Å². The number of nitriles is 1. The molecule has 1 aromatic heterocycles. The fourth-order valence-corrected chi connectivity index (χ4v) is 7.49. The van der Waals surface area contributed by atoms with Gasteiger partial charge in [0.1, 0.15) is 10.9 Å². The van der Waals surface area contributed by atoms with E-state index < -0.39 is 40.6 Å². The molecule has 3 heterocycles. The molecule has 41 heavy (non-hydrogen) atoms. The minimum atomic E-state index is -2.79. The lowest BCUT2D eigenvalue weighted by atomic mass is 9.70. The molecule has 0 radical (unpaired) electrons. The number of aliphatic hydroxyl groups is 2. The number of rotatable bonds is 7. The lowest BCUT2D eigenvalue weighted by Crippen LogP contribution is -2.56. The summed E-state index contributed by atoms with van der Waals surface area (Å²) >= 11 is 6.28. The Labute approximate surface area is 242 Å². The Morgan fingerprint density at radius 1 is 1.34 bits per heavy atom. The van der Waals surface area contributed by atoms with Crippen LogP contribution < -0.4 is 9.47 Å². The molecule has 6 rings (SSSR count). The van der Waals surface area contributed by atoms with Crippen molar-refractivity contribution in [2.75, 3.05) is 20.2 Å². The second-order valence-corrected chi connectivity index (χ2v) is 11.6. The molecule has 2 saturated carbocycles. The first kappa shape index (κ1) is 27.9. The maximum absolute atomic E-state index is 14.5. The van der Waals surface area contributed by atoms with Gasteiger partial charge in [0.25, 0.3) is 5.92 Å². The van der Waals surface area contributed by atoms with Crippen molar-refractivity contribution in [1.82, 2.24) is 9.88 Å². The van der Waals surface area contributed by atoms with E-state index in [9.17, 15) is 24.3 Å². The maximum atomic E-state index is 14.5. The Hall–Kier alpha value is -3.29. The highest BCUT2D eigenvalue weighted by Crippen LogP contribution is 2.69. The van der Waals surface area contributed by atoms with Gasteiger partial charge in [-0.3, -0.25) is 4.90 Å². The second kappa shape index (κ2) is 9.36. The minimum Gasteiger partial charge on any atom is -0.481 e. The Morgan fingerprint density at radius 2 is 2.05 bits per heavy atom. The summed E-state index contributed by atoms with van der Waals surface area (Å²) in [5.41, 5.74) is -3.64. The average Bonchev–Trinajstić information content (AvgIpc) is 3.40. The Balaban J connectivity index is 1.57. The van der Waals surface area contributed by atoms with E-state index in [1.165, 1.54) is 13.2 Å². The Bertz CT molecular complexity index is 1530. The van der Waals surface area contributed by atoms with Crippen molar-refractivity contribution in [2.24, 2.45) is 5.92 Å². The van der Waals surface area contributed by atoms with E-state index in [1.54, 1.807) is 30.1 Å². The van der Waals surface area contributed by atoms with Crippen molar-refractivity contribution in [3.05, 3.63) is 88.6 Å². The topological polar surface area (TPSA) is 98.8 Å². The van der Waals surface area contributed by atoms with Gasteiger partial charge >= 0.3 is 0 Å². The summed E-state index contributed by atoms with van der Waals surface area (Å²) in [7, 11) is 1.37. The molecule has 7 nitrogen and oxygen atoms in total. The van der Waals surface area contributed by atoms with E-state index in [0.717, 1.165) is 5.56 Å². The monoisotopic (exact) mass is 581 g/mol.